The molecule has 1 aliphatic rings. The predicted octanol–water partition coefficient (Wildman–Crippen LogP) is 1.23. The van der Waals surface area contributed by atoms with Crippen molar-refractivity contribution < 1.29 is 9.53 Å². The highest BCUT2D eigenvalue weighted by Gasteiger charge is 2.29. The molecule has 0 radical (unpaired) electrons. The number of nitrogens with zero attached hydrogens (tertiary/aromatic N) is 3. The summed E-state index contributed by atoms with van der Waals surface area (Å²) >= 11 is 0. The van der Waals surface area contributed by atoms with Gasteiger partial charge in [0.1, 0.15) is 11.6 Å². The molecule has 0 aliphatic carbocycles. The number of rotatable bonds is 4. The van der Waals surface area contributed by atoms with Crippen molar-refractivity contribution in [3.05, 3.63) is 41.1 Å². The van der Waals surface area contributed by atoms with E-state index in [9.17, 15) is 9.59 Å². The van der Waals surface area contributed by atoms with Crippen LogP contribution in [0.3, 0.4) is 0 Å². The Labute approximate surface area is 149 Å². The van der Waals surface area contributed by atoms with E-state index < -0.39 is 0 Å². The van der Waals surface area contributed by atoms with Crippen molar-refractivity contribution in [2.24, 2.45) is 13.0 Å². The van der Waals surface area contributed by atoms with E-state index in [0.717, 1.165) is 11.0 Å². The van der Waals surface area contributed by atoms with Crippen LogP contribution in [0.2, 0.25) is 0 Å². The van der Waals surface area contributed by atoms with Crippen LogP contribution < -0.4 is 15.6 Å². The lowest BCUT2D eigenvalue weighted by Gasteiger charge is -2.20. The fourth-order valence-corrected chi connectivity index (χ4v) is 3.20. The molecule has 0 saturated carbocycles. The number of pyridine rings is 2. The summed E-state index contributed by atoms with van der Waals surface area (Å²) < 4.78 is 7.99. The normalized spacial score (nSPS) is 18.1. The number of aromatic amines is 1. The second-order valence-electron chi connectivity index (χ2n) is 6.57. The van der Waals surface area contributed by atoms with Gasteiger partial charge in [-0.05, 0) is 19.1 Å². The number of nitrogens with one attached hydrogen (secondary N) is 2. The van der Waals surface area contributed by atoms with Gasteiger partial charge in [0.05, 0.1) is 17.5 Å². The number of H-pyrrole nitrogens is 1. The summed E-state index contributed by atoms with van der Waals surface area (Å²) in [7, 11) is 1.88. The number of carbonyl (C=O) groups is 1. The third-order valence-corrected chi connectivity index (χ3v) is 4.70. The Morgan fingerprint density at radius 3 is 2.92 bits per heavy atom. The van der Waals surface area contributed by atoms with E-state index in [0.29, 0.717) is 30.1 Å². The molecule has 134 valence electrons. The molecule has 1 saturated heterocycles. The zero-order chi connectivity index (χ0) is 18.3. The Hall–Kier alpha value is -3.16. The van der Waals surface area contributed by atoms with Crippen molar-refractivity contribution in [2.75, 3.05) is 6.54 Å². The van der Waals surface area contributed by atoms with E-state index in [2.05, 4.69) is 20.3 Å². The summed E-state index contributed by atoms with van der Waals surface area (Å²) in [4.78, 5) is 34.7. The van der Waals surface area contributed by atoms with Gasteiger partial charge in [-0.2, -0.15) is 0 Å². The van der Waals surface area contributed by atoms with E-state index in [-0.39, 0.29) is 23.5 Å². The lowest BCUT2D eigenvalue weighted by molar-refractivity contribution is -0.119. The molecule has 2 atom stereocenters. The largest absolute Gasteiger partial charge is 0.473 e. The van der Waals surface area contributed by atoms with Crippen LogP contribution in [0.4, 0.5) is 0 Å². The van der Waals surface area contributed by atoms with Gasteiger partial charge >= 0.3 is 0 Å². The van der Waals surface area contributed by atoms with E-state index in [4.69, 9.17) is 4.74 Å². The van der Waals surface area contributed by atoms with Crippen molar-refractivity contribution in [2.45, 2.75) is 19.4 Å². The number of hydrogen-bond acceptors (Lipinski definition) is 5. The maximum absolute atomic E-state index is 11.6. The fourth-order valence-electron chi connectivity index (χ4n) is 3.20. The van der Waals surface area contributed by atoms with E-state index >= 15 is 0 Å². The molecule has 8 nitrogen and oxygen atoms in total. The van der Waals surface area contributed by atoms with Crippen molar-refractivity contribution in [1.29, 1.82) is 0 Å². The average Bonchev–Trinajstić information content (AvgIpc) is 3.21. The summed E-state index contributed by atoms with van der Waals surface area (Å²) in [6, 6.07) is 5.11. The summed E-state index contributed by atoms with van der Waals surface area (Å²) in [5.41, 5.74) is 2.63. The highest BCUT2D eigenvalue weighted by atomic mass is 16.5. The summed E-state index contributed by atoms with van der Waals surface area (Å²) in [6.45, 7) is 2.54. The van der Waals surface area contributed by atoms with E-state index in [1.54, 1.807) is 18.6 Å². The molecular weight excluding hydrogens is 334 g/mol. The van der Waals surface area contributed by atoms with Crippen LogP contribution in [-0.4, -0.2) is 38.1 Å². The van der Waals surface area contributed by atoms with E-state index in [1.807, 2.05) is 24.6 Å². The second-order valence-corrected chi connectivity index (χ2v) is 6.57. The molecule has 3 aromatic heterocycles. The Balaban J connectivity index is 1.75. The molecule has 1 unspecified atom stereocenters. The quantitative estimate of drug-likeness (QED) is 0.734. The zero-order valence-electron chi connectivity index (χ0n) is 14.5. The third-order valence-electron chi connectivity index (χ3n) is 4.70. The molecule has 0 bridgehead atoms. The minimum Gasteiger partial charge on any atom is -0.473 e. The monoisotopic (exact) mass is 353 g/mol. The molecule has 3 aromatic rings. The molecule has 8 heteroatoms. The number of fused-ring (bicyclic) bond motifs is 1. The standard InChI is InChI=1S/C18H19N5O3/c1-10(12-6-16(25)20-8-12)26-18-17-14(21-9-23(17)2)7-13(22-18)11-3-4-19-15(24)5-11/h3-5,7,9-10,12H,6,8H2,1-2H3,(H,19,24)(H,20,25)/t10-,12?/m1/s1. The minimum absolute atomic E-state index is 0.0429. The topological polar surface area (TPSA) is 102 Å². The second kappa shape index (κ2) is 6.29. The van der Waals surface area contributed by atoms with Crippen LogP contribution in [0.15, 0.2) is 35.5 Å². The average molecular weight is 353 g/mol. The van der Waals surface area contributed by atoms with Crippen molar-refractivity contribution in [3.8, 4) is 17.1 Å². The third kappa shape index (κ3) is 2.94. The van der Waals surface area contributed by atoms with Crippen LogP contribution in [0.25, 0.3) is 22.3 Å². The molecule has 1 amide bonds. The smallest absolute Gasteiger partial charge is 0.248 e. The van der Waals surface area contributed by atoms with Crippen molar-refractivity contribution >= 4 is 16.9 Å². The van der Waals surface area contributed by atoms with Gasteiger partial charge in [0.2, 0.25) is 17.3 Å². The van der Waals surface area contributed by atoms with Crippen molar-refractivity contribution in [3.63, 3.8) is 0 Å². The minimum atomic E-state index is -0.197. The van der Waals surface area contributed by atoms with Crippen molar-refractivity contribution in [1.82, 2.24) is 24.8 Å². The maximum atomic E-state index is 11.6. The number of aryl methyl sites for hydroxylation is 1. The van der Waals surface area contributed by atoms with Gasteiger partial charge < -0.3 is 19.6 Å². The highest BCUT2D eigenvalue weighted by molar-refractivity contribution is 5.84. The first-order valence-electron chi connectivity index (χ1n) is 8.46. The maximum Gasteiger partial charge on any atom is 0.248 e. The number of amides is 1. The Bertz CT molecular complexity index is 1040. The molecule has 1 aliphatic heterocycles. The molecule has 0 spiro atoms. The van der Waals surface area contributed by atoms with Crippen LogP contribution in [0.1, 0.15) is 13.3 Å². The number of ether oxygens (including phenoxy) is 1. The van der Waals surface area contributed by atoms with Gasteiger partial charge in [-0.1, -0.05) is 0 Å². The van der Waals surface area contributed by atoms with Gasteiger partial charge in [-0.15, -0.1) is 0 Å². The van der Waals surface area contributed by atoms with Gasteiger partial charge in [-0.3, -0.25) is 9.59 Å². The van der Waals surface area contributed by atoms with E-state index in [1.165, 1.54) is 6.07 Å². The summed E-state index contributed by atoms with van der Waals surface area (Å²) in [6.07, 6.45) is 3.55. The van der Waals surface area contributed by atoms with Gasteiger partial charge in [0.25, 0.3) is 0 Å². The summed E-state index contributed by atoms with van der Waals surface area (Å²) in [5.74, 6) is 0.585. The molecule has 26 heavy (non-hydrogen) atoms. The Morgan fingerprint density at radius 2 is 2.19 bits per heavy atom. The molecule has 4 heterocycles. The number of aromatic nitrogens is 4. The lowest BCUT2D eigenvalue weighted by Crippen LogP contribution is -2.26. The number of imidazole rings is 1. The van der Waals surface area contributed by atoms with Gasteiger partial charge in [-0.25, -0.2) is 9.97 Å². The molecular formula is C18H19N5O3. The zero-order valence-corrected chi connectivity index (χ0v) is 14.5. The Morgan fingerprint density at radius 1 is 1.35 bits per heavy atom. The van der Waals surface area contributed by atoms with Crippen LogP contribution in [-0.2, 0) is 11.8 Å². The number of hydrogen-bond donors (Lipinski definition) is 2. The van der Waals surface area contributed by atoms with Gasteiger partial charge in [0, 0.05) is 43.8 Å². The molecule has 0 aromatic carbocycles. The predicted molar refractivity (Wildman–Crippen MR) is 95.8 cm³/mol. The SMILES string of the molecule is C[C@@H](Oc1nc(-c2cc[nH]c(=O)c2)cc2ncn(C)c12)C1CNC(=O)C1. The first kappa shape index (κ1) is 16.3. The molecule has 4 rings (SSSR count). The van der Waals surface area contributed by atoms with Gasteiger partial charge in [0.15, 0.2) is 0 Å². The fraction of sp³-hybridized carbons (Fsp3) is 0.333. The number of carbonyl (C=O) groups excluding carboxylic acids is 1. The van der Waals surface area contributed by atoms with Crippen LogP contribution >= 0.6 is 0 Å². The molecule has 1 fully saturated rings. The van der Waals surface area contributed by atoms with Crippen LogP contribution in [0.5, 0.6) is 5.88 Å². The van der Waals surface area contributed by atoms with Crippen LogP contribution in [0, 0.1) is 5.92 Å². The highest BCUT2D eigenvalue weighted by Crippen LogP contribution is 2.30. The molecule has 2 N–H and O–H groups in total. The first-order chi connectivity index (χ1) is 12.5. The Kier molecular flexibility index (Phi) is 3.95. The lowest BCUT2D eigenvalue weighted by atomic mass is 10.0. The summed E-state index contributed by atoms with van der Waals surface area (Å²) in [5, 5.41) is 2.83. The first-order valence-corrected chi connectivity index (χ1v) is 8.46.